The molecule has 0 saturated heterocycles. The van der Waals surface area contributed by atoms with Gasteiger partial charge in [0.25, 0.3) is 0 Å². The minimum absolute atomic E-state index is 0.0769. The molecule has 4 aromatic rings. The van der Waals surface area contributed by atoms with Gasteiger partial charge in [-0.05, 0) is 91.0 Å². The maximum Gasteiger partial charge on any atom is 0.362 e. The number of fused-ring (bicyclic) bond motifs is 2. The van der Waals surface area contributed by atoms with Gasteiger partial charge in [0, 0.05) is 43.0 Å². The molecule has 8 rings (SSSR count). The van der Waals surface area contributed by atoms with Crippen molar-refractivity contribution >= 4 is 5.97 Å². The molecule has 0 spiro atoms. The van der Waals surface area contributed by atoms with Gasteiger partial charge in [-0.3, -0.25) is 4.90 Å². The van der Waals surface area contributed by atoms with Crippen LogP contribution in [0.1, 0.15) is 110 Å². The van der Waals surface area contributed by atoms with Crippen LogP contribution in [0.5, 0.6) is 46.0 Å². The SMILES string of the molecule is CCCCCCCCCCC(C(=O)O)[N+]1(C)CCc2cc(OC)c3cc2C1Cc1ccc(cc1)Oc1cc(ccc1OC)CC1c2c(cc(OC)c(OC)c2O3)CCN1C. The Morgan fingerprint density at radius 2 is 1.43 bits per heavy atom. The lowest BCUT2D eigenvalue weighted by atomic mass is 9.84. The first-order valence-corrected chi connectivity index (χ1v) is 22.0. The lowest BCUT2D eigenvalue weighted by Crippen LogP contribution is -2.60. The summed E-state index contributed by atoms with van der Waals surface area (Å²) in [5.41, 5.74) is 6.56. The van der Waals surface area contributed by atoms with Crippen molar-refractivity contribution in [2.24, 2.45) is 0 Å². The van der Waals surface area contributed by atoms with E-state index in [4.69, 9.17) is 28.4 Å². The molecular weight excluding hydrogens is 757 g/mol. The summed E-state index contributed by atoms with van der Waals surface area (Å²) in [6.45, 7) is 3.78. The molecule has 4 heterocycles. The average molecular weight is 822 g/mol. The molecule has 322 valence electrons. The molecule has 4 aliphatic heterocycles. The van der Waals surface area contributed by atoms with E-state index >= 15 is 0 Å². The lowest BCUT2D eigenvalue weighted by Gasteiger charge is -2.49. The van der Waals surface area contributed by atoms with Crippen LogP contribution >= 0.6 is 0 Å². The molecule has 4 aliphatic rings. The quantitative estimate of drug-likeness (QED) is 0.0929. The summed E-state index contributed by atoms with van der Waals surface area (Å²) in [5.74, 6) is 4.12. The summed E-state index contributed by atoms with van der Waals surface area (Å²) < 4.78 is 38.1. The molecule has 1 N–H and O–H groups in total. The van der Waals surface area contributed by atoms with Crippen molar-refractivity contribution in [3.8, 4) is 46.0 Å². The minimum Gasteiger partial charge on any atom is -0.493 e. The average Bonchev–Trinajstić information content (AvgIpc) is 3.25. The fourth-order valence-corrected chi connectivity index (χ4v) is 9.99. The maximum atomic E-state index is 13.4. The van der Waals surface area contributed by atoms with Crippen LogP contribution in [0, 0.1) is 0 Å². The zero-order chi connectivity index (χ0) is 42.4. The van der Waals surface area contributed by atoms with Crippen LogP contribution in [-0.4, -0.2) is 82.1 Å². The summed E-state index contributed by atoms with van der Waals surface area (Å²) in [7, 11) is 11.0. The molecule has 0 aliphatic carbocycles. The summed E-state index contributed by atoms with van der Waals surface area (Å²) in [4.78, 5) is 15.8. The van der Waals surface area contributed by atoms with Crippen molar-refractivity contribution in [2.45, 2.75) is 109 Å². The van der Waals surface area contributed by atoms with Gasteiger partial charge in [-0.2, -0.15) is 0 Å². The smallest absolute Gasteiger partial charge is 0.362 e. The number of nitrogens with zero attached hydrogens (tertiary/aromatic N) is 2. The Kier molecular flexibility index (Phi) is 13.8. The first-order chi connectivity index (χ1) is 29.1. The molecule has 4 unspecified atom stereocenters. The van der Waals surface area contributed by atoms with Crippen molar-refractivity contribution in [1.82, 2.24) is 4.90 Å². The fourth-order valence-electron chi connectivity index (χ4n) is 9.99. The second kappa shape index (κ2) is 19.2. The van der Waals surface area contributed by atoms with Gasteiger partial charge in [-0.15, -0.1) is 0 Å². The Hall–Kier alpha value is -4.93. The molecule has 10 heteroatoms. The first-order valence-electron chi connectivity index (χ1n) is 22.0. The topological polar surface area (TPSA) is 95.9 Å². The first kappa shape index (κ1) is 43.2. The number of carbonyl (C=O) groups is 1. The van der Waals surface area contributed by atoms with Gasteiger partial charge in [0.05, 0.1) is 42.0 Å². The molecular formula is C50H65N2O8+. The Bertz CT molecular complexity index is 2120. The van der Waals surface area contributed by atoms with E-state index in [9.17, 15) is 9.90 Å². The molecule has 4 atom stereocenters. The van der Waals surface area contributed by atoms with Crippen LogP contribution in [-0.2, 0) is 30.5 Å². The number of likely N-dealkylation sites (N-methyl/N-ethyl adjacent to an activating group) is 2. The van der Waals surface area contributed by atoms with Gasteiger partial charge >= 0.3 is 5.97 Å². The summed E-state index contributed by atoms with van der Waals surface area (Å²) in [6, 6.07) is 19.8. The van der Waals surface area contributed by atoms with Gasteiger partial charge < -0.3 is 38.0 Å². The van der Waals surface area contributed by atoms with Crippen LogP contribution in [0.25, 0.3) is 0 Å². The predicted octanol–water partition coefficient (Wildman–Crippen LogP) is 10.7. The summed E-state index contributed by atoms with van der Waals surface area (Å²) in [5, 5.41) is 11.0. The van der Waals surface area contributed by atoms with Gasteiger partial charge in [0.2, 0.25) is 5.75 Å². The standard InChI is InChI=1S/C50H64N2O8/c1-8-9-10-11-12-13-14-15-16-40(50(53)54)52(3)26-24-35-30-43(56-5)45-32-38(35)41(52)28-33-17-20-37(21-18-33)59-44-29-34(19-22-42(44)55-4)27-39-47-36(23-25-51(39)2)31-46(57-6)48(58-7)49(47)60-45/h17-22,29-32,39-41H,8-16,23-28H2,1-7H3/p+1. The van der Waals surface area contributed by atoms with Gasteiger partial charge in [0.15, 0.2) is 40.5 Å². The maximum absolute atomic E-state index is 13.4. The van der Waals surface area contributed by atoms with Crippen LogP contribution in [0.3, 0.4) is 0 Å². The number of hydrogen-bond acceptors (Lipinski definition) is 8. The number of carboxylic acid groups (broad SMARTS) is 1. The summed E-state index contributed by atoms with van der Waals surface area (Å²) in [6.07, 6.45) is 12.8. The van der Waals surface area contributed by atoms with Crippen LogP contribution in [0.15, 0.2) is 60.7 Å². The molecule has 6 bridgehead atoms. The molecule has 10 nitrogen and oxygen atoms in total. The highest BCUT2D eigenvalue weighted by Gasteiger charge is 2.48. The molecule has 0 amide bonds. The third kappa shape index (κ3) is 8.91. The van der Waals surface area contributed by atoms with E-state index in [1.807, 2.05) is 18.2 Å². The van der Waals surface area contributed by atoms with Gasteiger partial charge in [-0.1, -0.05) is 70.1 Å². The number of unbranched alkanes of at least 4 members (excludes halogenated alkanes) is 7. The summed E-state index contributed by atoms with van der Waals surface area (Å²) >= 11 is 0. The van der Waals surface area contributed by atoms with Crippen molar-refractivity contribution in [3.05, 3.63) is 94.0 Å². The van der Waals surface area contributed by atoms with Crippen molar-refractivity contribution in [3.63, 3.8) is 0 Å². The second-order valence-corrected chi connectivity index (χ2v) is 17.2. The molecule has 0 fully saturated rings. The molecule has 60 heavy (non-hydrogen) atoms. The van der Waals surface area contributed by atoms with E-state index in [1.54, 1.807) is 28.4 Å². The van der Waals surface area contributed by atoms with Gasteiger partial charge in [0.1, 0.15) is 11.8 Å². The largest absolute Gasteiger partial charge is 0.493 e. The number of benzene rings is 4. The van der Waals surface area contributed by atoms with Crippen molar-refractivity contribution in [1.29, 1.82) is 0 Å². The zero-order valence-electron chi connectivity index (χ0n) is 36.8. The lowest BCUT2D eigenvalue weighted by molar-refractivity contribution is -0.956. The highest BCUT2D eigenvalue weighted by atomic mass is 16.5. The second-order valence-electron chi connectivity index (χ2n) is 17.2. The van der Waals surface area contributed by atoms with E-state index in [2.05, 4.69) is 68.4 Å². The van der Waals surface area contributed by atoms with E-state index in [-0.39, 0.29) is 12.1 Å². The van der Waals surface area contributed by atoms with E-state index in [0.717, 1.165) is 72.0 Å². The van der Waals surface area contributed by atoms with Crippen molar-refractivity contribution < 1.29 is 42.8 Å². The van der Waals surface area contributed by atoms with Crippen molar-refractivity contribution in [2.75, 3.05) is 55.6 Å². The number of methoxy groups -OCH3 is 4. The fraction of sp³-hybridized carbons (Fsp3) is 0.500. The number of quaternary nitrogens is 1. The Labute approximate surface area is 356 Å². The minimum atomic E-state index is -0.740. The van der Waals surface area contributed by atoms with Crippen LogP contribution in [0.4, 0.5) is 0 Å². The third-order valence-electron chi connectivity index (χ3n) is 13.5. The van der Waals surface area contributed by atoms with Crippen LogP contribution < -0.4 is 28.4 Å². The van der Waals surface area contributed by atoms with E-state index in [1.165, 1.54) is 32.1 Å². The molecule has 0 aromatic heterocycles. The monoisotopic (exact) mass is 821 g/mol. The Morgan fingerprint density at radius 3 is 2.12 bits per heavy atom. The molecule has 4 aromatic carbocycles. The highest BCUT2D eigenvalue weighted by molar-refractivity contribution is 5.72. The highest BCUT2D eigenvalue weighted by Crippen LogP contribution is 2.52. The van der Waals surface area contributed by atoms with E-state index < -0.39 is 12.0 Å². The molecule has 0 saturated carbocycles. The third-order valence-corrected chi connectivity index (χ3v) is 13.5. The number of hydrogen-bond donors (Lipinski definition) is 1. The van der Waals surface area contributed by atoms with Crippen LogP contribution in [0.2, 0.25) is 0 Å². The Morgan fingerprint density at radius 1 is 0.767 bits per heavy atom. The predicted molar refractivity (Wildman–Crippen MR) is 235 cm³/mol. The number of ether oxygens (including phenoxy) is 6. The Balaban J connectivity index is 1.37. The normalized spacial score (nSPS) is 20.1. The number of aliphatic carboxylic acids is 1. The number of rotatable bonds is 15. The van der Waals surface area contributed by atoms with E-state index in [0.29, 0.717) is 76.3 Å². The zero-order valence-corrected chi connectivity index (χ0v) is 36.8. The molecule has 0 radical (unpaired) electrons. The van der Waals surface area contributed by atoms with Gasteiger partial charge in [-0.25, -0.2) is 4.79 Å². The number of carboxylic acids is 1.